The van der Waals surface area contributed by atoms with Crippen molar-refractivity contribution in [1.29, 1.82) is 0 Å². The Hall–Kier alpha value is -0.620. The molecule has 1 aromatic carbocycles. The Labute approximate surface area is 132 Å². The minimum Gasteiger partial charge on any atom is -0.384 e. The Balaban J connectivity index is 2.18. The van der Waals surface area contributed by atoms with Gasteiger partial charge in [0.25, 0.3) is 0 Å². The average Bonchev–Trinajstić information content (AvgIpc) is 2.45. The average molecular weight is 362 g/mol. The van der Waals surface area contributed by atoms with E-state index in [1.54, 1.807) is 13.2 Å². The number of ether oxygens (including phenoxy) is 1. The third kappa shape index (κ3) is 3.34. The predicted octanol–water partition coefficient (Wildman–Crippen LogP) is 3.06. The van der Waals surface area contributed by atoms with Crippen LogP contribution >= 0.6 is 27.5 Å². The second kappa shape index (κ2) is 6.89. The van der Waals surface area contributed by atoms with Gasteiger partial charge in [-0.25, -0.2) is 0 Å². The molecule has 110 valence electrons. The first-order valence-electron chi connectivity index (χ1n) is 6.54. The standard InChI is InChI=1S/C14H18BrClN2O2/c1-20-9-14(5-7-17-8-6-14)13(19)18-11-4-2-3-10(16)12(11)15/h2-4,17H,5-9H2,1H3,(H,18,19). The number of rotatable bonds is 4. The molecule has 1 fully saturated rings. The van der Waals surface area contributed by atoms with Crippen LogP contribution in [0.1, 0.15) is 12.8 Å². The molecule has 2 N–H and O–H groups in total. The number of nitrogens with one attached hydrogen (secondary N) is 2. The fraction of sp³-hybridized carbons (Fsp3) is 0.500. The Morgan fingerprint density at radius 1 is 1.50 bits per heavy atom. The normalized spacial score (nSPS) is 17.8. The van der Waals surface area contributed by atoms with Crippen molar-refractivity contribution in [3.05, 3.63) is 27.7 Å². The molecule has 0 aliphatic carbocycles. The third-order valence-electron chi connectivity index (χ3n) is 3.66. The summed E-state index contributed by atoms with van der Waals surface area (Å²) in [5, 5.41) is 6.82. The zero-order chi connectivity index (χ0) is 14.6. The van der Waals surface area contributed by atoms with Gasteiger partial charge in [-0.05, 0) is 54.0 Å². The molecule has 0 aromatic heterocycles. The molecule has 1 aliphatic rings. The van der Waals surface area contributed by atoms with E-state index in [0.29, 0.717) is 21.8 Å². The number of benzene rings is 1. The summed E-state index contributed by atoms with van der Waals surface area (Å²) >= 11 is 9.45. The van der Waals surface area contributed by atoms with E-state index in [2.05, 4.69) is 26.6 Å². The van der Waals surface area contributed by atoms with Crippen molar-refractivity contribution in [3.8, 4) is 0 Å². The van der Waals surface area contributed by atoms with Crippen molar-refractivity contribution in [3.63, 3.8) is 0 Å². The summed E-state index contributed by atoms with van der Waals surface area (Å²) in [5.74, 6) is -0.0104. The van der Waals surface area contributed by atoms with E-state index in [0.717, 1.165) is 25.9 Å². The Morgan fingerprint density at radius 2 is 2.20 bits per heavy atom. The molecule has 1 aromatic rings. The van der Waals surface area contributed by atoms with E-state index in [9.17, 15) is 4.79 Å². The van der Waals surface area contributed by atoms with E-state index >= 15 is 0 Å². The highest BCUT2D eigenvalue weighted by molar-refractivity contribution is 9.10. The maximum atomic E-state index is 12.7. The van der Waals surface area contributed by atoms with Crippen LogP contribution in [-0.4, -0.2) is 32.7 Å². The van der Waals surface area contributed by atoms with E-state index < -0.39 is 5.41 Å². The number of carbonyl (C=O) groups excluding carboxylic acids is 1. The lowest BCUT2D eigenvalue weighted by atomic mass is 9.78. The monoisotopic (exact) mass is 360 g/mol. The molecule has 0 radical (unpaired) electrons. The summed E-state index contributed by atoms with van der Waals surface area (Å²) in [6, 6.07) is 5.42. The molecule has 6 heteroatoms. The van der Waals surface area contributed by atoms with Crippen LogP contribution in [0.25, 0.3) is 0 Å². The molecule has 4 nitrogen and oxygen atoms in total. The summed E-state index contributed by atoms with van der Waals surface area (Å²) in [6.45, 7) is 2.08. The molecule has 1 heterocycles. The first-order valence-corrected chi connectivity index (χ1v) is 7.71. The summed E-state index contributed by atoms with van der Waals surface area (Å²) < 4.78 is 5.98. The van der Waals surface area contributed by atoms with Gasteiger partial charge in [0.2, 0.25) is 5.91 Å². The van der Waals surface area contributed by atoms with Crippen LogP contribution in [0.5, 0.6) is 0 Å². The molecule has 20 heavy (non-hydrogen) atoms. The van der Waals surface area contributed by atoms with Crippen molar-refractivity contribution in [2.24, 2.45) is 5.41 Å². The van der Waals surface area contributed by atoms with Crippen molar-refractivity contribution >= 4 is 39.1 Å². The molecule has 0 atom stereocenters. The van der Waals surface area contributed by atoms with Gasteiger partial charge in [0.1, 0.15) is 0 Å². The molecular formula is C14H18BrClN2O2. The Bertz CT molecular complexity index is 485. The van der Waals surface area contributed by atoms with Crippen molar-refractivity contribution in [1.82, 2.24) is 5.32 Å². The second-order valence-electron chi connectivity index (χ2n) is 5.02. The largest absolute Gasteiger partial charge is 0.384 e. The zero-order valence-corrected chi connectivity index (χ0v) is 13.7. The third-order valence-corrected chi connectivity index (χ3v) is 5.06. The summed E-state index contributed by atoms with van der Waals surface area (Å²) in [4.78, 5) is 12.7. The number of anilines is 1. The van der Waals surface area contributed by atoms with Gasteiger partial charge >= 0.3 is 0 Å². The Morgan fingerprint density at radius 3 is 2.85 bits per heavy atom. The van der Waals surface area contributed by atoms with E-state index in [1.165, 1.54) is 0 Å². The number of halogens is 2. The van der Waals surface area contributed by atoms with Gasteiger partial charge in [-0.2, -0.15) is 0 Å². The highest BCUT2D eigenvalue weighted by Crippen LogP contribution is 2.34. The SMILES string of the molecule is COCC1(C(=O)Nc2cccc(Cl)c2Br)CCNCC1. The number of carbonyl (C=O) groups is 1. The molecule has 0 unspecified atom stereocenters. The minimum absolute atomic E-state index is 0.0104. The smallest absolute Gasteiger partial charge is 0.233 e. The van der Waals surface area contributed by atoms with Crippen LogP contribution in [0.15, 0.2) is 22.7 Å². The topological polar surface area (TPSA) is 50.4 Å². The molecule has 1 aliphatic heterocycles. The van der Waals surface area contributed by atoms with Gasteiger partial charge in [0, 0.05) is 7.11 Å². The number of piperidine rings is 1. The highest BCUT2D eigenvalue weighted by atomic mass is 79.9. The van der Waals surface area contributed by atoms with Crippen LogP contribution in [-0.2, 0) is 9.53 Å². The fourth-order valence-corrected chi connectivity index (χ4v) is 3.01. The van der Waals surface area contributed by atoms with Gasteiger partial charge in [0.15, 0.2) is 0 Å². The van der Waals surface area contributed by atoms with Gasteiger partial charge in [0.05, 0.1) is 27.2 Å². The molecule has 0 saturated carbocycles. The number of hydrogen-bond donors (Lipinski definition) is 2. The van der Waals surface area contributed by atoms with Gasteiger partial charge in [-0.1, -0.05) is 17.7 Å². The van der Waals surface area contributed by atoms with Crippen LogP contribution in [0.3, 0.4) is 0 Å². The van der Waals surface area contributed by atoms with E-state index in [-0.39, 0.29) is 5.91 Å². The van der Waals surface area contributed by atoms with Gasteiger partial charge in [-0.3, -0.25) is 4.79 Å². The molecule has 2 rings (SSSR count). The maximum Gasteiger partial charge on any atom is 0.233 e. The molecule has 1 saturated heterocycles. The Kier molecular flexibility index (Phi) is 5.43. The zero-order valence-electron chi connectivity index (χ0n) is 11.3. The van der Waals surface area contributed by atoms with E-state index in [4.69, 9.17) is 16.3 Å². The minimum atomic E-state index is -0.470. The molecular weight excluding hydrogens is 344 g/mol. The number of hydrogen-bond acceptors (Lipinski definition) is 3. The summed E-state index contributed by atoms with van der Waals surface area (Å²) in [7, 11) is 1.63. The van der Waals surface area contributed by atoms with Crippen LogP contribution in [0.4, 0.5) is 5.69 Å². The lowest BCUT2D eigenvalue weighted by molar-refractivity contribution is -0.130. The predicted molar refractivity (Wildman–Crippen MR) is 84.2 cm³/mol. The summed E-state index contributed by atoms with van der Waals surface area (Å²) in [6.07, 6.45) is 1.54. The van der Waals surface area contributed by atoms with E-state index in [1.807, 2.05) is 12.1 Å². The lowest BCUT2D eigenvalue weighted by Crippen LogP contribution is -2.47. The molecule has 0 spiro atoms. The second-order valence-corrected chi connectivity index (χ2v) is 6.22. The van der Waals surface area contributed by atoms with Crippen LogP contribution in [0.2, 0.25) is 5.02 Å². The number of amides is 1. The van der Waals surface area contributed by atoms with Crippen LogP contribution < -0.4 is 10.6 Å². The number of methoxy groups -OCH3 is 1. The van der Waals surface area contributed by atoms with Crippen LogP contribution in [0, 0.1) is 5.41 Å². The quantitative estimate of drug-likeness (QED) is 0.866. The summed E-state index contributed by atoms with van der Waals surface area (Å²) in [5.41, 5.74) is 0.221. The van der Waals surface area contributed by atoms with Crippen molar-refractivity contribution in [2.75, 3.05) is 32.1 Å². The van der Waals surface area contributed by atoms with Crippen molar-refractivity contribution in [2.45, 2.75) is 12.8 Å². The van der Waals surface area contributed by atoms with Gasteiger partial charge in [-0.15, -0.1) is 0 Å². The van der Waals surface area contributed by atoms with Crippen molar-refractivity contribution < 1.29 is 9.53 Å². The first kappa shape index (κ1) is 15.8. The fourth-order valence-electron chi connectivity index (χ4n) is 2.47. The maximum absolute atomic E-state index is 12.7. The lowest BCUT2D eigenvalue weighted by Gasteiger charge is -2.35. The highest BCUT2D eigenvalue weighted by Gasteiger charge is 2.39. The first-order chi connectivity index (χ1) is 9.59. The molecule has 1 amide bonds. The molecule has 0 bridgehead atoms. The van der Waals surface area contributed by atoms with Gasteiger partial charge < -0.3 is 15.4 Å².